The molecule has 128 valence electrons. The maximum atomic E-state index is 13.2. The van der Waals surface area contributed by atoms with E-state index in [0.29, 0.717) is 11.4 Å². The van der Waals surface area contributed by atoms with Crippen molar-refractivity contribution in [2.45, 2.75) is 36.3 Å². The molecule has 2 rings (SSSR count). The molecule has 2 aromatic carbocycles. The number of hydrogen-bond donors (Lipinski definition) is 1. The van der Waals surface area contributed by atoms with Gasteiger partial charge in [-0.2, -0.15) is 0 Å². The summed E-state index contributed by atoms with van der Waals surface area (Å²) in [6.45, 7) is 4.40. The smallest absolute Gasteiger partial charge is 0.233 e. The average molecular weight is 349 g/mol. The molecule has 0 saturated heterocycles. The van der Waals surface area contributed by atoms with Gasteiger partial charge in [-0.1, -0.05) is 37.3 Å². The van der Waals surface area contributed by atoms with Crippen molar-refractivity contribution in [1.29, 1.82) is 0 Å². The second-order valence-electron chi connectivity index (χ2n) is 5.60. The van der Waals surface area contributed by atoms with Crippen LogP contribution in [0.1, 0.15) is 31.7 Å². The molecule has 2 atom stereocenters. The van der Waals surface area contributed by atoms with Crippen LogP contribution in [0, 0.1) is 11.6 Å². The van der Waals surface area contributed by atoms with Crippen molar-refractivity contribution in [3.8, 4) is 0 Å². The van der Waals surface area contributed by atoms with Crippen LogP contribution in [0.2, 0.25) is 0 Å². The number of carbonyl (C=O) groups is 1. The molecule has 1 N–H and O–H groups in total. The molecule has 0 unspecified atom stereocenters. The van der Waals surface area contributed by atoms with Crippen LogP contribution < -0.4 is 5.32 Å². The van der Waals surface area contributed by atoms with E-state index in [9.17, 15) is 13.6 Å². The lowest BCUT2D eigenvalue weighted by Gasteiger charge is -2.18. The van der Waals surface area contributed by atoms with Crippen LogP contribution in [0.15, 0.2) is 53.4 Å². The van der Waals surface area contributed by atoms with Gasteiger partial charge in [0.25, 0.3) is 0 Å². The molecule has 0 bridgehead atoms. The topological polar surface area (TPSA) is 29.1 Å². The molecule has 0 aliphatic heterocycles. The summed E-state index contributed by atoms with van der Waals surface area (Å²) in [5.74, 6) is -1.64. The summed E-state index contributed by atoms with van der Waals surface area (Å²) in [6.07, 6.45) is 0.926. The first-order valence-corrected chi connectivity index (χ1v) is 8.83. The fraction of sp³-hybridized carbons (Fsp3) is 0.316. The van der Waals surface area contributed by atoms with Crippen LogP contribution in [0.3, 0.4) is 0 Å². The molecule has 5 heteroatoms. The lowest BCUT2D eigenvalue weighted by atomic mass is 9.96. The number of amides is 1. The van der Waals surface area contributed by atoms with Crippen LogP contribution in [0.4, 0.5) is 8.78 Å². The maximum absolute atomic E-state index is 13.2. The average Bonchev–Trinajstić information content (AvgIpc) is 2.59. The minimum absolute atomic E-state index is 0.112. The molecule has 0 aromatic heterocycles. The highest BCUT2D eigenvalue weighted by Gasteiger charge is 2.17. The number of benzene rings is 2. The second-order valence-corrected chi connectivity index (χ2v) is 7.01. The second kappa shape index (κ2) is 8.83. The highest BCUT2D eigenvalue weighted by atomic mass is 32.2. The molecule has 0 aliphatic rings. The van der Waals surface area contributed by atoms with Crippen molar-refractivity contribution in [2.24, 2.45) is 0 Å². The first-order chi connectivity index (χ1) is 11.5. The molecule has 2 aromatic rings. The summed E-state index contributed by atoms with van der Waals surface area (Å²) in [7, 11) is 0. The van der Waals surface area contributed by atoms with Crippen LogP contribution in [0.25, 0.3) is 0 Å². The van der Waals surface area contributed by atoms with E-state index in [2.05, 4.69) is 24.4 Å². The maximum Gasteiger partial charge on any atom is 0.233 e. The zero-order valence-electron chi connectivity index (χ0n) is 13.8. The van der Waals surface area contributed by atoms with Gasteiger partial charge in [0, 0.05) is 17.4 Å². The van der Waals surface area contributed by atoms with E-state index >= 15 is 0 Å². The first kappa shape index (κ1) is 18.5. The van der Waals surface area contributed by atoms with Crippen molar-refractivity contribution >= 4 is 17.7 Å². The third-order valence-electron chi connectivity index (χ3n) is 3.86. The minimum atomic E-state index is -0.900. The van der Waals surface area contributed by atoms with E-state index in [-0.39, 0.29) is 17.1 Å². The van der Waals surface area contributed by atoms with Gasteiger partial charge in [-0.05, 0) is 37.1 Å². The Morgan fingerprint density at radius 1 is 1.12 bits per heavy atom. The summed E-state index contributed by atoms with van der Waals surface area (Å²) >= 11 is 1.21. The molecule has 0 spiro atoms. The fourth-order valence-electron chi connectivity index (χ4n) is 2.40. The number of hydrogen-bond acceptors (Lipinski definition) is 2. The number of rotatable bonds is 7. The molecule has 2 nitrogen and oxygen atoms in total. The Hall–Kier alpha value is -1.88. The van der Waals surface area contributed by atoms with E-state index in [1.165, 1.54) is 23.4 Å². The van der Waals surface area contributed by atoms with E-state index in [0.717, 1.165) is 18.6 Å². The SMILES string of the molecule is CC[C@@H](CNC(=O)[C@@H](C)Sc1ccc(F)c(F)c1)c1ccccc1. The minimum Gasteiger partial charge on any atom is -0.355 e. The molecule has 0 saturated carbocycles. The van der Waals surface area contributed by atoms with Crippen molar-refractivity contribution < 1.29 is 13.6 Å². The van der Waals surface area contributed by atoms with Crippen molar-refractivity contribution in [1.82, 2.24) is 5.32 Å². The Kier molecular flexibility index (Phi) is 6.79. The Morgan fingerprint density at radius 3 is 2.46 bits per heavy atom. The predicted molar refractivity (Wildman–Crippen MR) is 94.2 cm³/mol. The van der Waals surface area contributed by atoms with E-state index < -0.39 is 11.6 Å². The number of nitrogens with one attached hydrogen (secondary N) is 1. The predicted octanol–water partition coefficient (Wildman–Crippen LogP) is 4.76. The Bertz CT molecular complexity index is 678. The van der Waals surface area contributed by atoms with Gasteiger partial charge in [0.15, 0.2) is 11.6 Å². The Morgan fingerprint density at radius 2 is 1.83 bits per heavy atom. The molecule has 24 heavy (non-hydrogen) atoms. The Labute approximate surface area is 145 Å². The van der Waals surface area contributed by atoms with Crippen molar-refractivity contribution in [3.05, 3.63) is 65.7 Å². The van der Waals surface area contributed by atoms with Gasteiger partial charge in [-0.15, -0.1) is 11.8 Å². The first-order valence-electron chi connectivity index (χ1n) is 7.95. The largest absolute Gasteiger partial charge is 0.355 e. The molecule has 0 aliphatic carbocycles. The molecule has 0 fully saturated rings. The van der Waals surface area contributed by atoms with Crippen LogP contribution in [0.5, 0.6) is 0 Å². The van der Waals surface area contributed by atoms with E-state index in [1.54, 1.807) is 6.92 Å². The molecular weight excluding hydrogens is 328 g/mol. The third-order valence-corrected chi connectivity index (χ3v) is 4.95. The van der Waals surface area contributed by atoms with Gasteiger partial charge >= 0.3 is 0 Å². The van der Waals surface area contributed by atoms with E-state index in [1.807, 2.05) is 18.2 Å². The van der Waals surface area contributed by atoms with Gasteiger partial charge in [-0.25, -0.2) is 8.78 Å². The van der Waals surface area contributed by atoms with Crippen molar-refractivity contribution in [2.75, 3.05) is 6.54 Å². The molecule has 0 radical (unpaired) electrons. The summed E-state index contributed by atoms with van der Waals surface area (Å²) in [6, 6.07) is 13.7. The lowest BCUT2D eigenvalue weighted by Crippen LogP contribution is -2.34. The van der Waals surface area contributed by atoms with E-state index in [4.69, 9.17) is 0 Å². The highest BCUT2D eigenvalue weighted by molar-refractivity contribution is 8.00. The van der Waals surface area contributed by atoms with Gasteiger partial charge in [-0.3, -0.25) is 4.79 Å². The normalized spacial score (nSPS) is 13.3. The highest BCUT2D eigenvalue weighted by Crippen LogP contribution is 2.25. The van der Waals surface area contributed by atoms with Gasteiger partial charge < -0.3 is 5.32 Å². The summed E-state index contributed by atoms with van der Waals surface area (Å²) in [4.78, 5) is 12.8. The number of thioether (sulfide) groups is 1. The fourth-order valence-corrected chi connectivity index (χ4v) is 3.32. The lowest BCUT2D eigenvalue weighted by molar-refractivity contribution is -0.120. The quantitative estimate of drug-likeness (QED) is 0.731. The van der Waals surface area contributed by atoms with Gasteiger partial charge in [0.1, 0.15) is 0 Å². The summed E-state index contributed by atoms with van der Waals surface area (Å²) < 4.78 is 26.2. The zero-order valence-corrected chi connectivity index (χ0v) is 14.6. The summed E-state index contributed by atoms with van der Waals surface area (Å²) in [5.41, 5.74) is 1.20. The van der Waals surface area contributed by atoms with Crippen LogP contribution in [-0.4, -0.2) is 17.7 Å². The van der Waals surface area contributed by atoms with Gasteiger partial charge in [0.2, 0.25) is 5.91 Å². The van der Waals surface area contributed by atoms with Crippen LogP contribution in [-0.2, 0) is 4.79 Å². The standard InChI is InChI=1S/C19H21F2NOS/c1-3-14(15-7-5-4-6-8-15)12-22-19(23)13(2)24-16-9-10-17(20)18(21)11-16/h4-11,13-14H,3,12H2,1-2H3,(H,22,23)/t13-,14+/m1/s1. The number of halogens is 2. The number of carbonyl (C=O) groups excluding carboxylic acids is 1. The monoisotopic (exact) mass is 349 g/mol. The van der Waals surface area contributed by atoms with Crippen LogP contribution >= 0.6 is 11.8 Å². The molecular formula is C19H21F2NOS. The van der Waals surface area contributed by atoms with Crippen molar-refractivity contribution in [3.63, 3.8) is 0 Å². The summed E-state index contributed by atoms with van der Waals surface area (Å²) in [5, 5.41) is 2.56. The molecule has 0 heterocycles. The van der Waals surface area contributed by atoms with Gasteiger partial charge in [0.05, 0.1) is 5.25 Å². The Balaban J connectivity index is 1.90. The molecule has 1 amide bonds. The zero-order chi connectivity index (χ0) is 17.5. The third kappa shape index (κ3) is 5.06.